The zero-order valence-corrected chi connectivity index (χ0v) is 31.2. The molecule has 0 unspecified atom stereocenters. The fourth-order valence-electron chi connectivity index (χ4n) is 9.63. The van der Waals surface area contributed by atoms with Crippen molar-refractivity contribution in [1.82, 2.24) is 9.78 Å². The first-order chi connectivity index (χ1) is 25.4. The van der Waals surface area contributed by atoms with Crippen LogP contribution < -0.4 is 9.80 Å². The van der Waals surface area contributed by atoms with Gasteiger partial charge in [-0.25, -0.2) is 4.90 Å². The predicted molar refractivity (Wildman–Crippen MR) is 205 cm³/mol. The third-order valence-corrected chi connectivity index (χ3v) is 13.8. The lowest BCUT2D eigenvalue weighted by atomic mass is 9.51. The van der Waals surface area contributed by atoms with Gasteiger partial charge < -0.3 is 5.11 Å². The summed E-state index contributed by atoms with van der Waals surface area (Å²) in [5.74, 6) is -3.74. The van der Waals surface area contributed by atoms with E-state index in [0.717, 1.165) is 43.6 Å². The fourth-order valence-corrected chi connectivity index (χ4v) is 10.9. The normalized spacial score (nSPS) is 26.7. The highest BCUT2D eigenvalue weighted by Gasteiger charge is 2.68. The van der Waals surface area contributed by atoms with Crippen molar-refractivity contribution in [2.24, 2.45) is 36.1 Å². The molecule has 53 heavy (non-hydrogen) atoms. The van der Waals surface area contributed by atoms with Gasteiger partial charge in [-0.3, -0.25) is 28.8 Å². The standard InChI is InChI=1S/C42H37ClN4O5S/c1-5-22-6-11-25(12-7-22)46-38(49)28-16-15-27-30(35(28)40(46)51)19-31-39(50)47(41(52)42(31,3)36(27)23-8-13-26(48)14-9-23)34-20-32(44-45(34)4)37-21(2)29-18-24(43)10-17-33(29)53-37/h6-15,17-18,20,28,30-31,35-36,48H,5,16,19H2,1-4H3/t28-,30+,31-,35-,36-,42+/m0/s1. The van der Waals surface area contributed by atoms with E-state index in [1.807, 2.05) is 62.4 Å². The summed E-state index contributed by atoms with van der Waals surface area (Å²) >= 11 is 7.89. The third-order valence-electron chi connectivity index (χ3n) is 12.3. The number of halogens is 1. The van der Waals surface area contributed by atoms with Crippen LogP contribution in [0, 0.1) is 36.0 Å². The molecule has 4 aliphatic rings. The molecule has 1 saturated carbocycles. The number of imide groups is 2. The minimum atomic E-state index is -1.21. The van der Waals surface area contributed by atoms with E-state index in [9.17, 15) is 19.5 Å². The van der Waals surface area contributed by atoms with Gasteiger partial charge in [-0.15, -0.1) is 11.3 Å². The number of anilines is 2. The zero-order valence-electron chi connectivity index (χ0n) is 29.7. The van der Waals surface area contributed by atoms with Gasteiger partial charge in [0, 0.05) is 28.8 Å². The maximum atomic E-state index is 15.0. The summed E-state index contributed by atoms with van der Waals surface area (Å²) in [6, 6.07) is 21.8. The Morgan fingerprint density at radius 1 is 0.925 bits per heavy atom. The number of benzene rings is 3. The van der Waals surface area contributed by atoms with E-state index < -0.39 is 35.0 Å². The van der Waals surface area contributed by atoms with E-state index in [-0.39, 0.29) is 35.8 Å². The molecule has 3 aromatic carbocycles. The molecule has 0 radical (unpaired) electrons. The summed E-state index contributed by atoms with van der Waals surface area (Å²) in [6.45, 7) is 5.93. The van der Waals surface area contributed by atoms with Crippen molar-refractivity contribution >= 4 is 68.2 Å². The molecule has 2 aromatic heterocycles. The summed E-state index contributed by atoms with van der Waals surface area (Å²) in [7, 11) is 1.73. The fraction of sp³-hybridized carbons (Fsp3) is 0.310. The summed E-state index contributed by atoms with van der Waals surface area (Å²) in [4.78, 5) is 61.8. The molecule has 2 aliphatic heterocycles. The van der Waals surface area contributed by atoms with Gasteiger partial charge in [0.05, 0.1) is 33.7 Å². The highest BCUT2D eigenvalue weighted by molar-refractivity contribution is 7.22. The van der Waals surface area contributed by atoms with Gasteiger partial charge in [0.25, 0.3) is 0 Å². The van der Waals surface area contributed by atoms with Gasteiger partial charge in [-0.2, -0.15) is 5.10 Å². The molecule has 3 fully saturated rings. The van der Waals surface area contributed by atoms with Crippen molar-refractivity contribution in [2.75, 3.05) is 9.80 Å². The summed E-state index contributed by atoms with van der Waals surface area (Å²) in [5, 5.41) is 16.7. The second-order valence-corrected chi connectivity index (χ2v) is 16.5. The van der Waals surface area contributed by atoms with E-state index >= 15 is 4.79 Å². The first-order valence-electron chi connectivity index (χ1n) is 18.0. The van der Waals surface area contributed by atoms with Crippen LogP contribution in [0.1, 0.15) is 49.3 Å². The summed E-state index contributed by atoms with van der Waals surface area (Å²) in [5.41, 5.74) is 3.77. The van der Waals surface area contributed by atoms with E-state index in [1.165, 1.54) is 9.80 Å². The Morgan fingerprint density at radius 2 is 1.66 bits per heavy atom. The average molecular weight is 745 g/mol. The second-order valence-electron chi connectivity index (χ2n) is 15.0. The number of thiophene rings is 1. The molecule has 9 nitrogen and oxygen atoms in total. The molecule has 11 heteroatoms. The quantitative estimate of drug-likeness (QED) is 0.144. The molecule has 1 N–H and O–H groups in total. The van der Waals surface area contributed by atoms with Gasteiger partial charge in [0.1, 0.15) is 17.3 Å². The van der Waals surface area contributed by atoms with E-state index in [2.05, 4.69) is 6.92 Å². The smallest absolute Gasteiger partial charge is 0.242 e. The van der Waals surface area contributed by atoms with E-state index in [1.54, 1.807) is 53.4 Å². The number of rotatable bonds is 5. The number of carbonyl (C=O) groups is 4. The number of phenolic OH excluding ortho intramolecular Hbond substituents is 1. The number of hydrogen-bond donors (Lipinski definition) is 1. The number of phenols is 1. The minimum absolute atomic E-state index is 0.0819. The average Bonchev–Trinajstić information content (AvgIpc) is 3.82. The Labute approximate surface area is 315 Å². The molecule has 4 heterocycles. The van der Waals surface area contributed by atoms with Gasteiger partial charge in [-0.05, 0) is 104 Å². The SMILES string of the molecule is CCc1ccc(N2C(=O)[C@H]3[C@H](CC=C4[C@H]3C[C@H]3C(=O)N(c5cc(-c6sc7ccc(Cl)cc7c6C)nn5C)C(=O)[C@@]3(C)[C@H]4c3ccc(O)cc3)C2=O)cc1. The summed E-state index contributed by atoms with van der Waals surface area (Å²) < 4.78 is 2.64. The number of aryl methyl sites for hydroxylation is 3. The molecular formula is C42H37ClN4O5S. The second kappa shape index (κ2) is 12.0. The van der Waals surface area contributed by atoms with Crippen LogP contribution in [-0.4, -0.2) is 38.5 Å². The summed E-state index contributed by atoms with van der Waals surface area (Å²) in [6.07, 6.45) is 3.49. The lowest BCUT2D eigenvalue weighted by Crippen LogP contribution is -2.48. The minimum Gasteiger partial charge on any atom is -0.508 e. The molecular weight excluding hydrogens is 708 g/mol. The van der Waals surface area contributed by atoms with Crippen LogP contribution in [0.5, 0.6) is 5.75 Å². The molecule has 5 aromatic rings. The number of carbonyl (C=O) groups excluding carboxylic acids is 4. The molecule has 0 bridgehead atoms. The topological polar surface area (TPSA) is 113 Å². The number of aromatic hydroxyl groups is 1. The largest absolute Gasteiger partial charge is 0.508 e. The number of hydrogen-bond acceptors (Lipinski definition) is 7. The third kappa shape index (κ3) is 4.77. The Morgan fingerprint density at radius 3 is 2.38 bits per heavy atom. The lowest BCUT2D eigenvalue weighted by Gasteiger charge is -2.49. The molecule has 268 valence electrons. The molecule has 9 rings (SSSR count). The van der Waals surface area contributed by atoms with Crippen molar-refractivity contribution in [3.8, 4) is 16.3 Å². The molecule has 6 atom stereocenters. The number of amides is 4. The Balaban J connectivity index is 1.13. The predicted octanol–water partition coefficient (Wildman–Crippen LogP) is 7.97. The number of aromatic nitrogens is 2. The highest BCUT2D eigenvalue weighted by atomic mass is 35.5. The van der Waals surface area contributed by atoms with E-state index in [0.29, 0.717) is 28.6 Å². The maximum absolute atomic E-state index is 15.0. The van der Waals surface area contributed by atoms with Crippen LogP contribution in [0.3, 0.4) is 0 Å². The van der Waals surface area contributed by atoms with Crippen molar-refractivity contribution in [3.05, 3.63) is 106 Å². The lowest BCUT2D eigenvalue weighted by molar-refractivity contribution is -0.131. The van der Waals surface area contributed by atoms with Crippen LogP contribution in [0.4, 0.5) is 11.5 Å². The van der Waals surface area contributed by atoms with Crippen molar-refractivity contribution in [1.29, 1.82) is 0 Å². The van der Waals surface area contributed by atoms with Crippen molar-refractivity contribution in [2.45, 2.75) is 46.0 Å². The first-order valence-corrected chi connectivity index (χ1v) is 19.2. The molecule has 2 saturated heterocycles. The van der Waals surface area contributed by atoms with Crippen molar-refractivity contribution < 1.29 is 24.3 Å². The highest BCUT2D eigenvalue weighted by Crippen LogP contribution is 2.64. The van der Waals surface area contributed by atoms with E-state index in [4.69, 9.17) is 16.7 Å². The van der Waals surface area contributed by atoms with Gasteiger partial charge >= 0.3 is 0 Å². The molecule has 4 amide bonds. The zero-order chi connectivity index (χ0) is 37.1. The van der Waals surface area contributed by atoms with Gasteiger partial charge in [0.2, 0.25) is 23.6 Å². The van der Waals surface area contributed by atoms with Gasteiger partial charge in [-0.1, -0.05) is 54.4 Å². The van der Waals surface area contributed by atoms with Crippen LogP contribution in [0.15, 0.2) is 84.4 Å². The molecule has 0 spiro atoms. The van der Waals surface area contributed by atoms with Gasteiger partial charge in [0.15, 0.2) is 0 Å². The monoisotopic (exact) mass is 744 g/mol. The Bertz CT molecular complexity index is 2430. The Hall–Kier alpha value is -5.06. The number of fused-ring (bicyclic) bond motifs is 5. The van der Waals surface area contributed by atoms with Crippen LogP contribution in [0.25, 0.3) is 20.7 Å². The maximum Gasteiger partial charge on any atom is 0.242 e. The Kier molecular flexibility index (Phi) is 7.63. The number of allylic oxidation sites excluding steroid dienone is 2. The van der Waals surface area contributed by atoms with Crippen molar-refractivity contribution in [3.63, 3.8) is 0 Å². The first kappa shape index (κ1) is 33.8. The number of nitrogens with zero attached hydrogens (tertiary/aromatic N) is 4. The molecule has 2 aliphatic carbocycles. The van der Waals surface area contributed by atoms with Crippen LogP contribution in [0.2, 0.25) is 5.02 Å². The van der Waals surface area contributed by atoms with Crippen LogP contribution >= 0.6 is 22.9 Å². The van der Waals surface area contributed by atoms with Crippen LogP contribution in [-0.2, 0) is 32.6 Å².